The van der Waals surface area contributed by atoms with Crippen molar-refractivity contribution in [2.24, 2.45) is 0 Å². The van der Waals surface area contributed by atoms with Gasteiger partial charge in [0.05, 0.1) is 5.75 Å². The average Bonchev–Trinajstić information content (AvgIpc) is 3.03. The molecule has 5 nitrogen and oxygen atoms in total. The Morgan fingerprint density at radius 3 is 2.52 bits per heavy atom. The van der Waals surface area contributed by atoms with E-state index in [9.17, 15) is 4.79 Å². The van der Waals surface area contributed by atoms with Crippen LogP contribution in [0.1, 0.15) is 29.4 Å². The third-order valence-electron chi connectivity index (χ3n) is 4.42. The topological polar surface area (TPSA) is 59.8 Å². The molecule has 0 aliphatic rings. The first-order valence-electron chi connectivity index (χ1n) is 8.99. The normalized spacial score (nSPS) is 10.8. The predicted octanol–water partition coefficient (Wildman–Crippen LogP) is 4.49. The lowest BCUT2D eigenvalue weighted by Gasteiger charge is -2.13. The van der Waals surface area contributed by atoms with E-state index in [1.165, 1.54) is 17.3 Å². The molecule has 0 bridgehead atoms. The number of para-hydroxylation sites is 1. The molecule has 0 atom stereocenters. The SMILES string of the molecule is CCc1cccc(C)c1NC(=O)CSc1nnc(C)n1-c1ccc(C)cc1. The number of hydrogen-bond donors (Lipinski definition) is 1. The van der Waals surface area contributed by atoms with Crippen LogP contribution in [0.25, 0.3) is 5.69 Å². The maximum absolute atomic E-state index is 12.5. The van der Waals surface area contributed by atoms with Gasteiger partial charge in [0.25, 0.3) is 0 Å². The van der Waals surface area contributed by atoms with Crippen LogP contribution in [0, 0.1) is 20.8 Å². The Kier molecular flexibility index (Phi) is 5.96. The molecule has 0 fully saturated rings. The van der Waals surface area contributed by atoms with Crippen molar-refractivity contribution in [3.63, 3.8) is 0 Å². The van der Waals surface area contributed by atoms with Crippen LogP contribution in [0.15, 0.2) is 47.6 Å². The smallest absolute Gasteiger partial charge is 0.234 e. The Labute approximate surface area is 164 Å². The van der Waals surface area contributed by atoms with Crippen molar-refractivity contribution in [1.29, 1.82) is 0 Å². The molecular weight excluding hydrogens is 356 g/mol. The maximum Gasteiger partial charge on any atom is 0.234 e. The monoisotopic (exact) mass is 380 g/mol. The largest absolute Gasteiger partial charge is 0.325 e. The van der Waals surface area contributed by atoms with Crippen LogP contribution in [0.5, 0.6) is 0 Å². The molecule has 2 aromatic carbocycles. The molecule has 0 spiro atoms. The minimum Gasteiger partial charge on any atom is -0.325 e. The number of nitrogens with zero attached hydrogens (tertiary/aromatic N) is 3. The summed E-state index contributed by atoms with van der Waals surface area (Å²) in [5, 5.41) is 12.2. The molecule has 6 heteroatoms. The molecule has 140 valence electrons. The number of carbonyl (C=O) groups excluding carboxylic acids is 1. The molecule has 0 saturated carbocycles. The van der Waals surface area contributed by atoms with E-state index in [0.29, 0.717) is 5.16 Å². The number of hydrogen-bond acceptors (Lipinski definition) is 4. The van der Waals surface area contributed by atoms with Crippen molar-refractivity contribution < 1.29 is 4.79 Å². The minimum absolute atomic E-state index is 0.0416. The zero-order valence-corrected chi connectivity index (χ0v) is 16.9. The zero-order valence-electron chi connectivity index (χ0n) is 16.1. The van der Waals surface area contributed by atoms with Crippen LogP contribution in [-0.2, 0) is 11.2 Å². The quantitative estimate of drug-likeness (QED) is 0.640. The van der Waals surface area contributed by atoms with Crippen LogP contribution in [0.3, 0.4) is 0 Å². The Morgan fingerprint density at radius 2 is 1.81 bits per heavy atom. The molecule has 0 unspecified atom stereocenters. The van der Waals surface area contributed by atoms with Gasteiger partial charge in [0.15, 0.2) is 5.16 Å². The van der Waals surface area contributed by atoms with Crippen molar-refractivity contribution in [2.75, 3.05) is 11.1 Å². The standard InChI is InChI=1S/C21H24N4OS/c1-5-17-8-6-7-15(3)20(17)22-19(26)13-27-21-24-23-16(4)25(21)18-11-9-14(2)10-12-18/h6-12H,5,13H2,1-4H3,(H,22,26). The van der Waals surface area contributed by atoms with E-state index in [4.69, 9.17) is 0 Å². The van der Waals surface area contributed by atoms with E-state index in [0.717, 1.165) is 34.7 Å². The fourth-order valence-electron chi connectivity index (χ4n) is 2.94. The number of anilines is 1. The highest BCUT2D eigenvalue weighted by Crippen LogP contribution is 2.24. The van der Waals surface area contributed by atoms with Crippen LogP contribution in [0.2, 0.25) is 0 Å². The molecule has 0 radical (unpaired) electrons. The minimum atomic E-state index is -0.0416. The molecule has 1 amide bonds. The molecule has 1 heterocycles. The fraction of sp³-hybridized carbons (Fsp3) is 0.286. The summed E-state index contributed by atoms with van der Waals surface area (Å²) < 4.78 is 1.97. The van der Waals surface area contributed by atoms with Gasteiger partial charge in [0.1, 0.15) is 5.82 Å². The molecule has 1 aromatic heterocycles. The van der Waals surface area contributed by atoms with Gasteiger partial charge >= 0.3 is 0 Å². The summed E-state index contributed by atoms with van der Waals surface area (Å²) in [7, 11) is 0. The summed E-state index contributed by atoms with van der Waals surface area (Å²) in [4.78, 5) is 12.5. The van der Waals surface area contributed by atoms with Gasteiger partial charge in [-0.3, -0.25) is 9.36 Å². The molecule has 3 rings (SSSR count). The van der Waals surface area contributed by atoms with Crippen molar-refractivity contribution in [3.8, 4) is 5.69 Å². The summed E-state index contributed by atoms with van der Waals surface area (Å²) >= 11 is 1.39. The molecule has 0 aliphatic carbocycles. The number of carbonyl (C=O) groups is 1. The Bertz CT molecular complexity index is 947. The first kappa shape index (κ1) is 19.2. The third-order valence-corrected chi connectivity index (χ3v) is 5.35. The molecular formula is C21H24N4OS. The lowest BCUT2D eigenvalue weighted by Crippen LogP contribution is -2.16. The number of aromatic nitrogens is 3. The summed E-state index contributed by atoms with van der Waals surface area (Å²) in [5.41, 5.74) is 5.33. The van der Waals surface area contributed by atoms with E-state index in [2.05, 4.69) is 41.5 Å². The second-order valence-corrected chi connectivity index (χ2v) is 7.44. The van der Waals surface area contributed by atoms with E-state index >= 15 is 0 Å². The highest BCUT2D eigenvalue weighted by molar-refractivity contribution is 7.99. The summed E-state index contributed by atoms with van der Waals surface area (Å²) in [6.07, 6.45) is 0.880. The number of benzene rings is 2. The first-order valence-corrected chi connectivity index (χ1v) is 9.98. The highest BCUT2D eigenvalue weighted by Gasteiger charge is 2.14. The molecule has 1 N–H and O–H groups in total. The Hall–Kier alpha value is -2.60. The number of aryl methyl sites for hydroxylation is 4. The van der Waals surface area contributed by atoms with Gasteiger partial charge in [-0.1, -0.05) is 54.6 Å². The summed E-state index contributed by atoms with van der Waals surface area (Å²) in [6.45, 7) is 8.07. The average molecular weight is 381 g/mol. The summed E-state index contributed by atoms with van der Waals surface area (Å²) in [6, 6.07) is 14.3. The number of thioether (sulfide) groups is 1. The van der Waals surface area contributed by atoms with Crippen molar-refractivity contribution >= 4 is 23.4 Å². The fourth-order valence-corrected chi connectivity index (χ4v) is 3.73. The van der Waals surface area contributed by atoms with Gasteiger partial charge in [-0.2, -0.15) is 0 Å². The van der Waals surface area contributed by atoms with Crippen molar-refractivity contribution in [1.82, 2.24) is 14.8 Å². The van der Waals surface area contributed by atoms with Gasteiger partial charge in [-0.05, 0) is 50.5 Å². The lowest BCUT2D eigenvalue weighted by atomic mass is 10.1. The molecule has 0 aliphatic heterocycles. The molecule has 27 heavy (non-hydrogen) atoms. The van der Waals surface area contributed by atoms with Crippen LogP contribution in [0.4, 0.5) is 5.69 Å². The number of nitrogens with one attached hydrogen (secondary N) is 1. The van der Waals surface area contributed by atoms with Crippen molar-refractivity contribution in [2.45, 2.75) is 39.3 Å². The maximum atomic E-state index is 12.5. The number of amides is 1. The van der Waals surface area contributed by atoms with E-state index in [-0.39, 0.29) is 11.7 Å². The Morgan fingerprint density at radius 1 is 1.07 bits per heavy atom. The Balaban J connectivity index is 1.73. The van der Waals surface area contributed by atoms with Crippen LogP contribution in [-0.4, -0.2) is 26.4 Å². The lowest BCUT2D eigenvalue weighted by molar-refractivity contribution is -0.113. The van der Waals surface area contributed by atoms with Gasteiger partial charge in [0, 0.05) is 11.4 Å². The van der Waals surface area contributed by atoms with Crippen LogP contribution >= 0.6 is 11.8 Å². The highest BCUT2D eigenvalue weighted by atomic mass is 32.2. The van der Waals surface area contributed by atoms with Gasteiger partial charge in [-0.15, -0.1) is 10.2 Å². The molecule has 0 saturated heterocycles. The predicted molar refractivity (Wildman–Crippen MR) is 111 cm³/mol. The van der Waals surface area contributed by atoms with Gasteiger partial charge in [-0.25, -0.2) is 0 Å². The second-order valence-electron chi connectivity index (χ2n) is 6.50. The van der Waals surface area contributed by atoms with Crippen LogP contribution < -0.4 is 5.32 Å². The number of rotatable bonds is 6. The van der Waals surface area contributed by atoms with Gasteiger partial charge in [0.2, 0.25) is 5.91 Å². The van der Waals surface area contributed by atoms with E-state index in [1.54, 1.807) is 0 Å². The van der Waals surface area contributed by atoms with Gasteiger partial charge < -0.3 is 5.32 Å². The zero-order chi connectivity index (χ0) is 19.4. The van der Waals surface area contributed by atoms with E-state index in [1.807, 2.05) is 48.7 Å². The van der Waals surface area contributed by atoms with E-state index < -0.39 is 0 Å². The third kappa shape index (κ3) is 4.39. The second kappa shape index (κ2) is 8.39. The molecule has 3 aromatic rings. The summed E-state index contributed by atoms with van der Waals surface area (Å²) in [5.74, 6) is 1.04. The van der Waals surface area contributed by atoms with Crippen molar-refractivity contribution in [3.05, 3.63) is 65.0 Å². The first-order chi connectivity index (χ1) is 13.0.